The molecule has 0 atom stereocenters. The number of ether oxygens (including phenoxy) is 1. The zero-order chi connectivity index (χ0) is 25.3. The van der Waals surface area contributed by atoms with Crippen molar-refractivity contribution in [2.24, 2.45) is 0 Å². The molecule has 1 aliphatic heterocycles. The smallest absolute Gasteiger partial charge is 0.319 e. The number of urea groups is 1. The van der Waals surface area contributed by atoms with Crippen molar-refractivity contribution in [2.45, 2.75) is 71.0 Å². The first-order valence-corrected chi connectivity index (χ1v) is 12.4. The van der Waals surface area contributed by atoms with Crippen LogP contribution in [0.3, 0.4) is 0 Å². The fourth-order valence-electron chi connectivity index (χ4n) is 4.28. The number of methoxy groups -OCH3 is 1. The van der Waals surface area contributed by atoms with Crippen molar-refractivity contribution >= 4 is 23.6 Å². The van der Waals surface area contributed by atoms with Crippen LogP contribution in [0.4, 0.5) is 10.5 Å². The molecule has 4 N–H and O–H groups in total. The van der Waals surface area contributed by atoms with E-state index in [0.717, 1.165) is 49.7 Å². The van der Waals surface area contributed by atoms with Crippen LogP contribution in [0.1, 0.15) is 63.5 Å². The number of amides is 3. The van der Waals surface area contributed by atoms with Crippen molar-refractivity contribution in [1.29, 1.82) is 5.41 Å². The van der Waals surface area contributed by atoms with Gasteiger partial charge in [-0.1, -0.05) is 69.9 Å². The van der Waals surface area contributed by atoms with Crippen LogP contribution in [0.25, 0.3) is 0 Å². The van der Waals surface area contributed by atoms with E-state index in [4.69, 9.17) is 10.1 Å². The molecule has 0 saturated carbocycles. The quantitative estimate of drug-likeness (QED) is 0.344. The maximum atomic E-state index is 13.3. The van der Waals surface area contributed by atoms with Gasteiger partial charge in [0.05, 0.1) is 13.7 Å². The molecule has 0 aliphatic carbocycles. The van der Waals surface area contributed by atoms with Gasteiger partial charge in [0.1, 0.15) is 11.3 Å². The summed E-state index contributed by atoms with van der Waals surface area (Å²) in [4.78, 5) is 27.1. The molecule has 1 aliphatic rings. The number of benzene rings is 2. The SMILES string of the molecule is CCCCC1(CCCC)NC(=N)N(Cc2ccc(CNC(=O)Nc3cccc(OC)c3)cc2)C1=O. The normalized spacial score (nSPS) is 14.5. The molecule has 3 rings (SSSR count). The number of hydrogen-bond acceptors (Lipinski definition) is 4. The van der Waals surface area contributed by atoms with Gasteiger partial charge in [-0.2, -0.15) is 0 Å². The Labute approximate surface area is 207 Å². The minimum atomic E-state index is -0.650. The van der Waals surface area contributed by atoms with Crippen molar-refractivity contribution in [2.75, 3.05) is 12.4 Å². The number of carbonyl (C=O) groups excluding carboxylic acids is 2. The molecule has 188 valence electrons. The Balaban J connectivity index is 1.56. The van der Waals surface area contributed by atoms with Gasteiger partial charge in [-0.15, -0.1) is 0 Å². The monoisotopic (exact) mass is 479 g/mol. The zero-order valence-electron chi connectivity index (χ0n) is 20.9. The van der Waals surface area contributed by atoms with Crippen LogP contribution in [0.2, 0.25) is 0 Å². The second-order valence-electron chi connectivity index (χ2n) is 9.01. The third-order valence-electron chi connectivity index (χ3n) is 6.34. The Hall–Kier alpha value is -3.55. The molecule has 0 bridgehead atoms. The molecule has 1 heterocycles. The van der Waals surface area contributed by atoms with Crippen molar-refractivity contribution in [3.05, 3.63) is 59.7 Å². The molecule has 0 aromatic heterocycles. The summed E-state index contributed by atoms with van der Waals surface area (Å²) >= 11 is 0. The van der Waals surface area contributed by atoms with Crippen LogP contribution < -0.4 is 20.7 Å². The van der Waals surface area contributed by atoms with E-state index in [0.29, 0.717) is 24.5 Å². The van der Waals surface area contributed by atoms with Gasteiger partial charge >= 0.3 is 6.03 Å². The van der Waals surface area contributed by atoms with E-state index in [1.54, 1.807) is 24.1 Å². The van der Waals surface area contributed by atoms with Crippen molar-refractivity contribution in [1.82, 2.24) is 15.5 Å². The summed E-state index contributed by atoms with van der Waals surface area (Å²) in [7, 11) is 1.58. The molecule has 1 saturated heterocycles. The maximum absolute atomic E-state index is 13.3. The predicted molar refractivity (Wildman–Crippen MR) is 138 cm³/mol. The average molecular weight is 480 g/mol. The molecule has 8 nitrogen and oxygen atoms in total. The number of rotatable bonds is 12. The van der Waals surface area contributed by atoms with Gasteiger partial charge in [-0.3, -0.25) is 15.1 Å². The highest BCUT2D eigenvalue weighted by molar-refractivity contribution is 6.07. The van der Waals surface area contributed by atoms with Gasteiger partial charge in [0, 0.05) is 18.3 Å². The Kier molecular flexibility index (Phi) is 9.11. The number of anilines is 1. The van der Waals surface area contributed by atoms with Gasteiger partial charge in [0.25, 0.3) is 5.91 Å². The number of guanidine groups is 1. The Morgan fingerprint density at radius 3 is 2.34 bits per heavy atom. The predicted octanol–water partition coefficient (Wildman–Crippen LogP) is 5.00. The largest absolute Gasteiger partial charge is 0.497 e. The molecule has 2 aromatic rings. The van der Waals surface area contributed by atoms with Crippen molar-refractivity contribution in [3.63, 3.8) is 0 Å². The van der Waals surface area contributed by atoms with Gasteiger partial charge in [0.15, 0.2) is 5.96 Å². The van der Waals surface area contributed by atoms with Crippen LogP contribution in [0.15, 0.2) is 48.5 Å². The summed E-state index contributed by atoms with van der Waals surface area (Å²) in [6, 6.07) is 14.6. The first-order valence-electron chi connectivity index (χ1n) is 12.4. The van der Waals surface area contributed by atoms with E-state index in [1.807, 2.05) is 36.4 Å². The van der Waals surface area contributed by atoms with Gasteiger partial charge in [-0.25, -0.2) is 4.79 Å². The number of unbranched alkanes of at least 4 members (excludes halogenated alkanes) is 2. The van der Waals surface area contributed by atoms with Crippen LogP contribution >= 0.6 is 0 Å². The van der Waals surface area contributed by atoms with Gasteiger partial charge < -0.3 is 20.7 Å². The Morgan fingerprint density at radius 1 is 1.06 bits per heavy atom. The lowest BCUT2D eigenvalue weighted by molar-refractivity contribution is -0.132. The fourth-order valence-corrected chi connectivity index (χ4v) is 4.28. The van der Waals surface area contributed by atoms with E-state index in [-0.39, 0.29) is 17.9 Å². The topological polar surface area (TPSA) is 107 Å². The molecule has 0 spiro atoms. The molecular formula is C27H37N5O3. The minimum absolute atomic E-state index is 0.00403. The molecule has 3 amide bonds. The first kappa shape index (κ1) is 26.1. The molecule has 0 radical (unpaired) electrons. The molecule has 0 unspecified atom stereocenters. The van der Waals surface area contributed by atoms with Gasteiger partial charge in [-0.05, 0) is 36.1 Å². The molecular weight excluding hydrogens is 442 g/mol. The summed E-state index contributed by atoms with van der Waals surface area (Å²) < 4.78 is 5.17. The lowest BCUT2D eigenvalue weighted by Crippen LogP contribution is -2.47. The lowest BCUT2D eigenvalue weighted by Gasteiger charge is -2.27. The average Bonchev–Trinajstić information content (AvgIpc) is 3.10. The summed E-state index contributed by atoms with van der Waals surface area (Å²) in [5.74, 6) is 0.859. The molecule has 8 heteroatoms. The number of nitrogens with one attached hydrogen (secondary N) is 4. The summed E-state index contributed by atoms with van der Waals surface area (Å²) in [6.07, 6.45) is 5.45. The Morgan fingerprint density at radius 2 is 1.71 bits per heavy atom. The Bertz CT molecular complexity index is 1010. The van der Waals surface area contributed by atoms with E-state index >= 15 is 0 Å². The van der Waals surface area contributed by atoms with E-state index in [2.05, 4.69) is 29.8 Å². The van der Waals surface area contributed by atoms with Crippen LogP contribution in [-0.4, -0.2) is 35.4 Å². The van der Waals surface area contributed by atoms with Crippen LogP contribution in [0, 0.1) is 5.41 Å². The van der Waals surface area contributed by atoms with E-state index in [9.17, 15) is 9.59 Å². The number of nitrogens with zero attached hydrogens (tertiary/aromatic N) is 1. The summed E-state index contributed by atoms with van der Waals surface area (Å²) in [5.41, 5.74) is 1.88. The summed E-state index contributed by atoms with van der Waals surface area (Å²) in [5, 5.41) is 17.3. The number of hydrogen-bond donors (Lipinski definition) is 4. The highest BCUT2D eigenvalue weighted by Crippen LogP contribution is 2.30. The van der Waals surface area contributed by atoms with Crippen LogP contribution in [0.5, 0.6) is 5.75 Å². The third-order valence-corrected chi connectivity index (χ3v) is 6.34. The minimum Gasteiger partial charge on any atom is -0.497 e. The zero-order valence-corrected chi connectivity index (χ0v) is 20.9. The second-order valence-corrected chi connectivity index (χ2v) is 9.01. The first-order chi connectivity index (χ1) is 16.9. The highest BCUT2D eigenvalue weighted by Gasteiger charge is 2.48. The standard InChI is InChI=1S/C27H37N5O3/c1-4-6-15-27(16-7-5-2)24(33)32(25(28)31-27)19-21-13-11-20(12-14-21)18-29-26(34)30-22-9-8-10-23(17-22)35-3/h8-14,17H,4-7,15-16,18-19H2,1-3H3,(H2,28,31)(H2,29,30,34). The van der Waals surface area contributed by atoms with Gasteiger partial charge in [0.2, 0.25) is 0 Å². The lowest BCUT2D eigenvalue weighted by atomic mass is 9.87. The molecule has 1 fully saturated rings. The molecule has 2 aromatic carbocycles. The van der Waals surface area contributed by atoms with Crippen molar-refractivity contribution < 1.29 is 14.3 Å². The van der Waals surface area contributed by atoms with E-state index in [1.165, 1.54) is 0 Å². The fraction of sp³-hybridized carbons (Fsp3) is 0.444. The van der Waals surface area contributed by atoms with Crippen LogP contribution in [-0.2, 0) is 17.9 Å². The third kappa shape index (κ3) is 6.74. The highest BCUT2D eigenvalue weighted by atomic mass is 16.5. The maximum Gasteiger partial charge on any atom is 0.319 e. The second kappa shape index (κ2) is 12.2. The van der Waals surface area contributed by atoms with Crippen molar-refractivity contribution in [3.8, 4) is 5.75 Å². The van der Waals surface area contributed by atoms with E-state index < -0.39 is 5.54 Å². The number of carbonyl (C=O) groups is 2. The summed E-state index contributed by atoms with van der Waals surface area (Å²) in [6.45, 7) is 4.96. The molecule has 35 heavy (non-hydrogen) atoms.